The molecule has 0 spiro atoms. The molecule has 8 nitrogen and oxygen atoms in total. The van der Waals surface area contributed by atoms with Gasteiger partial charge in [0.2, 0.25) is 0 Å². The highest BCUT2D eigenvalue weighted by atomic mass is 32.2. The van der Waals surface area contributed by atoms with Crippen molar-refractivity contribution in [2.75, 3.05) is 18.9 Å². The predicted molar refractivity (Wildman–Crippen MR) is 118 cm³/mol. The first kappa shape index (κ1) is 20.7. The Hall–Kier alpha value is -3.59. The van der Waals surface area contributed by atoms with Gasteiger partial charge in [-0.3, -0.25) is 4.72 Å². The first-order valence-electron chi connectivity index (χ1n) is 9.48. The normalized spacial score (nSPS) is 11.5. The van der Waals surface area contributed by atoms with Gasteiger partial charge < -0.3 is 13.9 Å². The molecule has 0 unspecified atom stereocenters. The van der Waals surface area contributed by atoms with Gasteiger partial charge in [-0.25, -0.2) is 18.4 Å². The molecule has 2 aromatic heterocycles. The second-order valence-electron chi connectivity index (χ2n) is 7.07. The van der Waals surface area contributed by atoms with Crippen LogP contribution in [0.1, 0.15) is 11.1 Å². The summed E-state index contributed by atoms with van der Waals surface area (Å²) in [5.74, 6) is 1.35. The predicted octanol–water partition coefficient (Wildman–Crippen LogP) is 3.83. The number of benzene rings is 2. The van der Waals surface area contributed by atoms with Crippen LogP contribution in [0.4, 0.5) is 5.82 Å². The molecule has 0 bridgehead atoms. The maximum Gasteiger partial charge on any atom is 0.263 e. The number of nitrogens with zero attached hydrogens (tertiary/aromatic N) is 3. The van der Waals surface area contributed by atoms with Gasteiger partial charge in [-0.1, -0.05) is 17.7 Å². The second-order valence-corrected chi connectivity index (χ2v) is 8.76. The monoisotopic (exact) mass is 438 g/mol. The number of anilines is 1. The summed E-state index contributed by atoms with van der Waals surface area (Å²) in [7, 11) is -0.652. The first-order chi connectivity index (χ1) is 14.8. The molecule has 160 valence electrons. The summed E-state index contributed by atoms with van der Waals surface area (Å²) in [5, 5.41) is 0. The summed E-state index contributed by atoms with van der Waals surface area (Å²) in [6, 6.07) is 10.3. The fourth-order valence-electron chi connectivity index (χ4n) is 3.28. The fraction of sp³-hybridized carbons (Fsp3) is 0.182. The summed E-state index contributed by atoms with van der Waals surface area (Å²) < 4.78 is 40.7. The standard InChI is InChI=1S/C22H22N4O4S/c1-14-5-7-16(8-6-14)31(27,28)25-21-22-24-18(13-26(22)10-9-23-21)17-12-20(30-4)19(29-3)11-15(17)2/h5-13H,1-4H3,(H,23,25). The lowest BCUT2D eigenvalue weighted by atomic mass is 10.1. The summed E-state index contributed by atoms with van der Waals surface area (Å²) in [6.45, 7) is 3.84. The average molecular weight is 439 g/mol. The van der Waals surface area contributed by atoms with Crippen molar-refractivity contribution in [3.05, 3.63) is 66.1 Å². The van der Waals surface area contributed by atoms with E-state index in [9.17, 15) is 8.42 Å². The van der Waals surface area contributed by atoms with Crippen LogP contribution in [-0.4, -0.2) is 37.0 Å². The van der Waals surface area contributed by atoms with Crippen LogP contribution in [-0.2, 0) is 10.0 Å². The van der Waals surface area contributed by atoms with E-state index < -0.39 is 10.0 Å². The number of aromatic nitrogens is 3. The number of hydrogen-bond acceptors (Lipinski definition) is 6. The zero-order valence-electron chi connectivity index (χ0n) is 17.6. The third-order valence-electron chi connectivity index (χ3n) is 4.94. The minimum absolute atomic E-state index is 0.146. The van der Waals surface area contributed by atoms with Gasteiger partial charge in [0, 0.05) is 24.2 Å². The molecule has 31 heavy (non-hydrogen) atoms. The third kappa shape index (κ3) is 3.91. The highest BCUT2D eigenvalue weighted by Gasteiger charge is 2.19. The van der Waals surface area contributed by atoms with Crippen LogP contribution in [0.25, 0.3) is 16.9 Å². The summed E-state index contributed by atoms with van der Waals surface area (Å²) in [6.07, 6.45) is 5.05. The number of sulfonamides is 1. The zero-order valence-corrected chi connectivity index (χ0v) is 18.4. The number of nitrogens with one attached hydrogen (secondary N) is 1. The van der Waals surface area contributed by atoms with Gasteiger partial charge in [-0.15, -0.1) is 0 Å². The van der Waals surface area contributed by atoms with Crippen molar-refractivity contribution in [2.24, 2.45) is 0 Å². The van der Waals surface area contributed by atoms with E-state index in [1.165, 1.54) is 6.20 Å². The van der Waals surface area contributed by atoms with E-state index in [1.807, 2.05) is 32.2 Å². The number of ether oxygens (including phenoxy) is 2. The number of methoxy groups -OCH3 is 2. The van der Waals surface area contributed by atoms with Crippen LogP contribution in [0, 0.1) is 13.8 Å². The number of hydrogen-bond donors (Lipinski definition) is 1. The Bertz CT molecular complexity index is 1360. The molecule has 2 heterocycles. The second kappa shape index (κ2) is 7.92. The molecule has 0 aliphatic carbocycles. The lowest BCUT2D eigenvalue weighted by Gasteiger charge is -2.11. The topological polar surface area (TPSA) is 94.8 Å². The molecule has 0 amide bonds. The van der Waals surface area contributed by atoms with Crippen molar-refractivity contribution in [3.63, 3.8) is 0 Å². The maximum atomic E-state index is 12.8. The lowest BCUT2D eigenvalue weighted by molar-refractivity contribution is 0.355. The van der Waals surface area contributed by atoms with Crippen LogP contribution in [0.15, 0.2) is 59.9 Å². The minimum atomic E-state index is -3.81. The van der Waals surface area contributed by atoms with Crippen LogP contribution in [0.5, 0.6) is 11.5 Å². The van der Waals surface area contributed by atoms with E-state index >= 15 is 0 Å². The van der Waals surface area contributed by atoms with Crippen LogP contribution < -0.4 is 14.2 Å². The van der Waals surface area contributed by atoms with Gasteiger partial charge in [0.25, 0.3) is 10.0 Å². The largest absolute Gasteiger partial charge is 0.493 e. The van der Waals surface area contributed by atoms with Crippen molar-refractivity contribution >= 4 is 21.5 Å². The molecule has 0 radical (unpaired) electrons. The smallest absolute Gasteiger partial charge is 0.263 e. The first-order valence-corrected chi connectivity index (χ1v) is 11.0. The number of rotatable bonds is 6. The Morgan fingerprint density at radius 2 is 1.68 bits per heavy atom. The van der Waals surface area contributed by atoms with Crippen LogP contribution in [0.3, 0.4) is 0 Å². The molecule has 0 fully saturated rings. The van der Waals surface area contributed by atoms with Gasteiger partial charge in [0.05, 0.1) is 24.8 Å². The summed E-state index contributed by atoms with van der Waals surface area (Å²) in [5.41, 5.74) is 3.80. The van der Waals surface area contributed by atoms with E-state index in [0.717, 1.165) is 16.7 Å². The molecule has 1 N–H and O–H groups in total. The van der Waals surface area contributed by atoms with Gasteiger partial charge in [-0.2, -0.15) is 0 Å². The Kier molecular flexibility index (Phi) is 5.28. The van der Waals surface area contributed by atoms with Crippen molar-refractivity contribution < 1.29 is 17.9 Å². The number of imidazole rings is 1. The Morgan fingerprint density at radius 1 is 1.00 bits per heavy atom. The van der Waals surface area contributed by atoms with Crippen molar-refractivity contribution in [2.45, 2.75) is 18.7 Å². The Morgan fingerprint density at radius 3 is 2.35 bits per heavy atom. The summed E-state index contributed by atoms with van der Waals surface area (Å²) >= 11 is 0. The maximum absolute atomic E-state index is 12.8. The van der Waals surface area contributed by atoms with Crippen LogP contribution >= 0.6 is 0 Å². The molecular formula is C22H22N4O4S. The van der Waals surface area contributed by atoms with Crippen LogP contribution in [0.2, 0.25) is 0 Å². The van der Waals surface area contributed by atoms with E-state index in [-0.39, 0.29) is 10.7 Å². The molecule has 0 saturated carbocycles. The molecular weight excluding hydrogens is 416 g/mol. The van der Waals surface area contributed by atoms with E-state index in [2.05, 4.69) is 14.7 Å². The molecule has 4 aromatic rings. The number of fused-ring (bicyclic) bond motifs is 1. The van der Waals surface area contributed by atoms with Crippen molar-refractivity contribution in [1.82, 2.24) is 14.4 Å². The molecule has 4 rings (SSSR count). The molecule has 0 aliphatic rings. The third-order valence-corrected chi connectivity index (χ3v) is 6.30. The van der Waals surface area contributed by atoms with Gasteiger partial charge in [0.15, 0.2) is 23.0 Å². The fourth-order valence-corrected chi connectivity index (χ4v) is 4.29. The van der Waals surface area contributed by atoms with Crippen molar-refractivity contribution in [3.8, 4) is 22.8 Å². The van der Waals surface area contributed by atoms with E-state index in [1.54, 1.807) is 49.1 Å². The van der Waals surface area contributed by atoms with Gasteiger partial charge >= 0.3 is 0 Å². The average Bonchev–Trinajstić information content (AvgIpc) is 3.18. The molecule has 0 saturated heterocycles. The van der Waals surface area contributed by atoms with Gasteiger partial charge in [0.1, 0.15) is 0 Å². The molecule has 9 heteroatoms. The SMILES string of the molecule is COc1cc(C)c(-c2cn3ccnc(NS(=O)(=O)c4ccc(C)cc4)c3n2)cc1OC. The highest BCUT2D eigenvalue weighted by molar-refractivity contribution is 7.92. The lowest BCUT2D eigenvalue weighted by Crippen LogP contribution is -2.14. The zero-order chi connectivity index (χ0) is 22.2. The highest BCUT2D eigenvalue weighted by Crippen LogP contribution is 2.35. The minimum Gasteiger partial charge on any atom is -0.493 e. The Balaban J connectivity index is 1.77. The Labute approximate surface area is 180 Å². The molecule has 0 atom stereocenters. The van der Waals surface area contributed by atoms with E-state index in [0.29, 0.717) is 22.8 Å². The molecule has 0 aliphatic heterocycles. The molecule has 2 aromatic carbocycles. The van der Waals surface area contributed by atoms with Gasteiger partial charge in [-0.05, 0) is 43.7 Å². The number of aryl methyl sites for hydroxylation is 2. The summed E-state index contributed by atoms with van der Waals surface area (Å²) in [4.78, 5) is 9.01. The quantitative estimate of drug-likeness (QED) is 0.492. The van der Waals surface area contributed by atoms with E-state index in [4.69, 9.17) is 9.47 Å². The van der Waals surface area contributed by atoms with Crippen molar-refractivity contribution in [1.29, 1.82) is 0 Å².